The molecule has 0 saturated carbocycles. The summed E-state index contributed by atoms with van der Waals surface area (Å²) in [5.74, 6) is -0.267. The van der Waals surface area contributed by atoms with Gasteiger partial charge in [-0.3, -0.25) is 0 Å². The minimum Gasteiger partial charge on any atom is -0.466 e. The maximum atomic E-state index is 11.2. The van der Waals surface area contributed by atoms with E-state index in [1.807, 2.05) is 0 Å². The van der Waals surface area contributed by atoms with E-state index < -0.39 is 0 Å². The zero-order valence-corrected chi connectivity index (χ0v) is 9.79. The van der Waals surface area contributed by atoms with E-state index in [9.17, 15) is 4.79 Å². The molecule has 1 atom stereocenters. The lowest BCUT2D eigenvalue weighted by molar-refractivity contribution is -0.136. The first-order valence-corrected chi connectivity index (χ1v) is 5.69. The van der Waals surface area contributed by atoms with Gasteiger partial charge in [0, 0.05) is 11.6 Å². The maximum Gasteiger partial charge on any atom is 0.333 e. The number of hydrogen-bond donors (Lipinski definition) is 0. The third kappa shape index (κ3) is 3.34. The number of carbonyl (C=O) groups is 1. The van der Waals surface area contributed by atoms with Crippen LogP contribution in [-0.2, 0) is 9.53 Å². The first-order chi connectivity index (χ1) is 7.19. The van der Waals surface area contributed by atoms with Crippen molar-refractivity contribution in [2.24, 2.45) is 0 Å². The van der Waals surface area contributed by atoms with Crippen molar-refractivity contribution >= 4 is 5.97 Å². The number of methoxy groups -OCH3 is 1. The van der Waals surface area contributed by atoms with Crippen molar-refractivity contribution in [3.8, 4) is 0 Å². The molecule has 3 nitrogen and oxygen atoms in total. The number of ether oxygens (including phenoxy) is 1. The van der Waals surface area contributed by atoms with Crippen molar-refractivity contribution < 1.29 is 9.53 Å². The molecular formula is C12H21NO2. The second-order valence-electron chi connectivity index (χ2n) is 4.08. The molecule has 1 heterocycles. The van der Waals surface area contributed by atoms with Gasteiger partial charge in [0.25, 0.3) is 0 Å². The molecule has 0 bridgehead atoms. The molecule has 1 saturated heterocycles. The van der Waals surface area contributed by atoms with Gasteiger partial charge in [-0.15, -0.1) is 0 Å². The van der Waals surface area contributed by atoms with Crippen LogP contribution in [0, 0.1) is 0 Å². The van der Waals surface area contributed by atoms with E-state index in [1.54, 1.807) is 0 Å². The van der Waals surface area contributed by atoms with Crippen molar-refractivity contribution in [3.63, 3.8) is 0 Å². The summed E-state index contributed by atoms with van der Waals surface area (Å²) in [6.45, 7) is 8.16. The quantitative estimate of drug-likeness (QED) is 0.526. The lowest BCUT2D eigenvalue weighted by Crippen LogP contribution is -2.39. The Morgan fingerprint density at radius 2 is 2.27 bits per heavy atom. The summed E-state index contributed by atoms with van der Waals surface area (Å²) in [6, 6.07) is 0.482. The van der Waals surface area contributed by atoms with Crippen LogP contribution in [0.5, 0.6) is 0 Å². The molecular weight excluding hydrogens is 190 g/mol. The highest BCUT2D eigenvalue weighted by Crippen LogP contribution is 2.22. The molecule has 0 radical (unpaired) electrons. The molecule has 0 aromatic heterocycles. The topological polar surface area (TPSA) is 29.5 Å². The summed E-state index contributed by atoms with van der Waals surface area (Å²) in [4.78, 5) is 13.7. The van der Waals surface area contributed by atoms with Crippen LogP contribution >= 0.6 is 0 Å². The Morgan fingerprint density at radius 1 is 1.53 bits per heavy atom. The summed E-state index contributed by atoms with van der Waals surface area (Å²) >= 11 is 0. The normalized spacial score (nSPS) is 22.4. The predicted octanol–water partition coefficient (Wildman–Crippen LogP) is 1.98. The molecule has 0 N–H and O–H groups in total. The Labute approximate surface area is 92.1 Å². The molecule has 1 aliphatic rings. The SMILES string of the molecule is C=C(CC1CCCCN1CC)C(=O)OC. The minimum absolute atomic E-state index is 0.267. The Hall–Kier alpha value is -0.830. The summed E-state index contributed by atoms with van der Waals surface area (Å²) in [7, 11) is 1.41. The third-order valence-electron chi connectivity index (χ3n) is 3.11. The Bertz CT molecular complexity index is 238. The van der Waals surface area contributed by atoms with Gasteiger partial charge in [0.05, 0.1) is 7.11 Å². The number of esters is 1. The second kappa shape index (κ2) is 5.91. The van der Waals surface area contributed by atoms with Gasteiger partial charge in [-0.2, -0.15) is 0 Å². The number of carbonyl (C=O) groups excluding carboxylic acids is 1. The molecule has 1 unspecified atom stereocenters. The monoisotopic (exact) mass is 211 g/mol. The maximum absolute atomic E-state index is 11.2. The lowest BCUT2D eigenvalue weighted by atomic mass is 9.96. The fraction of sp³-hybridized carbons (Fsp3) is 0.750. The van der Waals surface area contributed by atoms with Crippen LogP contribution in [0.25, 0.3) is 0 Å². The van der Waals surface area contributed by atoms with Gasteiger partial charge in [0.1, 0.15) is 0 Å². The number of likely N-dealkylation sites (tertiary alicyclic amines) is 1. The van der Waals surface area contributed by atoms with E-state index in [-0.39, 0.29) is 5.97 Å². The summed E-state index contributed by atoms with van der Waals surface area (Å²) < 4.78 is 4.67. The van der Waals surface area contributed by atoms with E-state index in [0.29, 0.717) is 11.6 Å². The number of hydrogen-bond acceptors (Lipinski definition) is 3. The molecule has 1 aliphatic heterocycles. The average Bonchev–Trinajstić information content (AvgIpc) is 2.28. The van der Waals surface area contributed by atoms with Crippen LogP contribution in [0.15, 0.2) is 12.2 Å². The zero-order chi connectivity index (χ0) is 11.3. The highest BCUT2D eigenvalue weighted by molar-refractivity contribution is 5.87. The largest absolute Gasteiger partial charge is 0.466 e. The first kappa shape index (κ1) is 12.2. The van der Waals surface area contributed by atoms with Crippen LogP contribution in [0.1, 0.15) is 32.6 Å². The summed E-state index contributed by atoms with van der Waals surface area (Å²) in [6.07, 6.45) is 4.45. The molecule has 1 fully saturated rings. The Morgan fingerprint density at radius 3 is 2.87 bits per heavy atom. The molecule has 0 aromatic carbocycles. The van der Waals surface area contributed by atoms with Crippen LogP contribution in [0.3, 0.4) is 0 Å². The van der Waals surface area contributed by atoms with Gasteiger partial charge < -0.3 is 9.64 Å². The van der Waals surface area contributed by atoms with E-state index in [2.05, 4.69) is 23.1 Å². The van der Waals surface area contributed by atoms with Crippen LogP contribution in [-0.4, -0.2) is 37.1 Å². The van der Waals surface area contributed by atoms with E-state index >= 15 is 0 Å². The molecule has 0 aromatic rings. The van der Waals surface area contributed by atoms with Crippen molar-refractivity contribution in [2.75, 3.05) is 20.2 Å². The fourth-order valence-corrected chi connectivity index (χ4v) is 2.22. The molecule has 1 rings (SSSR count). The van der Waals surface area contributed by atoms with Crippen LogP contribution < -0.4 is 0 Å². The first-order valence-electron chi connectivity index (χ1n) is 5.69. The Balaban J connectivity index is 2.47. The molecule has 3 heteroatoms. The fourth-order valence-electron chi connectivity index (χ4n) is 2.22. The molecule has 86 valence electrons. The van der Waals surface area contributed by atoms with Crippen molar-refractivity contribution in [1.29, 1.82) is 0 Å². The van der Waals surface area contributed by atoms with E-state index in [1.165, 1.54) is 26.4 Å². The smallest absolute Gasteiger partial charge is 0.333 e. The minimum atomic E-state index is -0.267. The average molecular weight is 211 g/mol. The van der Waals surface area contributed by atoms with Gasteiger partial charge in [-0.25, -0.2) is 4.79 Å². The molecule has 0 amide bonds. The van der Waals surface area contributed by atoms with Gasteiger partial charge in [0.15, 0.2) is 0 Å². The van der Waals surface area contributed by atoms with Gasteiger partial charge >= 0.3 is 5.97 Å². The summed E-state index contributed by atoms with van der Waals surface area (Å²) in [5.41, 5.74) is 0.600. The highest BCUT2D eigenvalue weighted by Gasteiger charge is 2.23. The lowest BCUT2D eigenvalue weighted by Gasteiger charge is -2.35. The van der Waals surface area contributed by atoms with Crippen LogP contribution in [0.4, 0.5) is 0 Å². The van der Waals surface area contributed by atoms with Crippen LogP contribution in [0.2, 0.25) is 0 Å². The molecule has 0 aliphatic carbocycles. The number of nitrogens with zero attached hydrogens (tertiary/aromatic N) is 1. The van der Waals surface area contributed by atoms with Crippen molar-refractivity contribution in [1.82, 2.24) is 4.90 Å². The van der Waals surface area contributed by atoms with Gasteiger partial charge in [-0.1, -0.05) is 19.9 Å². The summed E-state index contributed by atoms with van der Waals surface area (Å²) in [5, 5.41) is 0. The zero-order valence-electron chi connectivity index (χ0n) is 9.79. The van der Waals surface area contributed by atoms with E-state index in [0.717, 1.165) is 19.5 Å². The van der Waals surface area contributed by atoms with Gasteiger partial charge in [-0.05, 0) is 32.4 Å². The second-order valence-corrected chi connectivity index (χ2v) is 4.08. The molecule has 15 heavy (non-hydrogen) atoms. The van der Waals surface area contributed by atoms with Crippen molar-refractivity contribution in [3.05, 3.63) is 12.2 Å². The third-order valence-corrected chi connectivity index (χ3v) is 3.11. The molecule has 0 spiro atoms. The number of rotatable bonds is 4. The highest BCUT2D eigenvalue weighted by atomic mass is 16.5. The standard InChI is InChI=1S/C12H21NO2/c1-4-13-8-6-5-7-11(13)9-10(2)12(14)15-3/h11H,2,4-9H2,1,3H3. The van der Waals surface area contributed by atoms with E-state index in [4.69, 9.17) is 0 Å². The Kier molecular flexibility index (Phi) is 4.82. The predicted molar refractivity (Wildman–Crippen MR) is 60.7 cm³/mol. The van der Waals surface area contributed by atoms with Crippen molar-refractivity contribution in [2.45, 2.75) is 38.6 Å². The number of piperidine rings is 1. The van der Waals surface area contributed by atoms with Gasteiger partial charge in [0.2, 0.25) is 0 Å².